The third-order valence-electron chi connectivity index (χ3n) is 3.18. The van der Waals surface area contributed by atoms with E-state index in [1.807, 2.05) is 0 Å². The summed E-state index contributed by atoms with van der Waals surface area (Å²) in [4.78, 5) is 0. The first-order valence-electron chi connectivity index (χ1n) is 6.91. The van der Waals surface area contributed by atoms with Crippen molar-refractivity contribution in [1.29, 1.82) is 0 Å². The zero-order chi connectivity index (χ0) is 11.4. The first-order valence-corrected chi connectivity index (χ1v) is 13.9. The molecule has 0 unspecified atom stereocenters. The summed E-state index contributed by atoms with van der Waals surface area (Å²) >= 11 is -1.13. The molecule has 0 aliphatic heterocycles. The van der Waals surface area contributed by atoms with Gasteiger partial charge in [-0.05, 0) is 0 Å². The van der Waals surface area contributed by atoms with Crippen molar-refractivity contribution >= 4 is 19.8 Å². The van der Waals surface area contributed by atoms with Crippen molar-refractivity contribution in [3.05, 3.63) is 0 Å². The van der Waals surface area contributed by atoms with Gasteiger partial charge in [0.1, 0.15) is 0 Å². The van der Waals surface area contributed by atoms with Crippen LogP contribution in [0.15, 0.2) is 0 Å². The molecule has 92 valence electrons. The van der Waals surface area contributed by atoms with Crippen LogP contribution in [0.25, 0.3) is 0 Å². The SMILES string of the molecule is CCC[CH2][SnH]([CH2]CCC)[CH2]CCCCF. The van der Waals surface area contributed by atoms with Gasteiger partial charge >= 0.3 is 103 Å². The summed E-state index contributed by atoms with van der Waals surface area (Å²) in [5.74, 6) is 0. The van der Waals surface area contributed by atoms with Gasteiger partial charge in [-0.25, -0.2) is 0 Å². The molecular formula is C13H29FSn. The van der Waals surface area contributed by atoms with Crippen LogP contribution in [0, 0.1) is 0 Å². The molecular weight excluding hydrogens is 294 g/mol. The van der Waals surface area contributed by atoms with Gasteiger partial charge in [0.05, 0.1) is 0 Å². The van der Waals surface area contributed by atoms with Crippen molar-refractivity contribution in [2.75, 3.05) is 6.67 Å². The van der Waals surface area contributed by atoms with Crippen LogP contribution in [0.5, 0.6) is 0 Å². The Morgan fingerprint density at radius 1 is 0.733 bits per heavy atom. The molecule has 15 heavy (non-hydrogen) atoms. The zero-order valence-electron chi connectivity index (χ0n) is 10.7. The van der Waals surface area contributed by atoms with Crippen LogP contribution in [0.3, 0.4) is 0 Å². The van der Waals surface area contributed by atoms with E-state index in [-0.39, 0.29) is 6.67 Å². The first kappa shape index (κ1) is 15.7. The molecule has 0 spiro atoms. The Bertz CT molecular complexity index is 109. The van der Waals surface area contributed by atoms with Gasteiger partial charge in [-0.15, -0.1) is 0 Å². The molecule has 0 saturated carbocycles. The fourth-order valence-corrected chi connectivity index (χ4v) is 12.7. The van der Waals surface area contributed by atoms with E-state index in [1.165, 1.54) is 32.1 Å². The summed E-state index contributed by atoms with van der Waals surface area (Å²) in [5, 5.41) is 0. The summed E-state index contributed by atoms with van der Waals surface area (Å²) in [7, 11) is 0. The summed E-state index contributed by atoms with van der Waals surface area (Å²) in [6, 6.07) is 0. The van der Waals surface area contributed by atoms with E-state index < -0.39 is 19.8 Å². The molecule has 0 amide bonds. The van der Waals surface area contributed by atoms with E-state index in [4.69, 9.17) is 0 Å². The molecule has 0 aromatic carbocycles. The Balaban J connectivity index is 3.49. The molecule has 0 aliphatic rings. The fraction of sp³-hybridized carbons (Fsp3) is 1.00. The average molecular weight is 323 g/mol. The summed E-state index contributed by atoms with van der Waals surface area (Å²) < 4.78 is 16.7. The number of hydrogen-bond donors (Lipinski definition) is 0. The second-order valence-corrected chi connectivity index (χ2v) is 14.6. The van der Waals surface area contributed by atoms with Crippen molar-refractivity contribution in [2.45, 2.75) is 72.1 Å². The molecule has 0 bridgehead atoms. The van der Waals surface area contributed by atoms with Crippen LogP contribution in [-0.4, -0.2) is 26.4 Å². The van der Waals surface area contributed by atoms with Crippen LogP contribution in [0.1, 0.15) is 58.8 Å². The Morgan fingerprint density at radius 2 is 1.27 bits per heavy atom. The van der Waals surface area contributed by atoms with E-state index in [1.54, 1.807) is 13.3 Å². The molecule has 0 rings (SSSR count). The van der Waals surface area contributed by atoms with Crippen LogP contribution in [0.2, 0.25) is 13.3 Å². The Morgan fingerprint density at radius 3 is 1.73 bits per heavy atom. The molecule has 0 aromatic heterocycles. The topological polar surface area (TPSA) is 0 Å². The Kier molecular flexibility index (Phi) is 13.4. The Labute approximate surface area is 103 Å². The van der Waals surface area contributed by atoms with E-state index in [0.717, 1.165) is 12.8 Å². The number of hydrogen-bond acceptors (Lipinski definition) is 0. The molecule has 0 atom stereocenters. The number of rotatable bonds is 11. The van der Waals surface area contributed by atoms with Crippen molar-refractivity contribution in [2.24, 2.45) is 0 Å². The summed E-state index contributed by atoms with van der Waals surface area (Å²) in [5.41, 5.74) is 0. The number of alkyl halides is 1. The van der Waals surface area contributed by atoms with Crippen molar-refractivity contribution < 1.29 is 4.39 Å². The third-order valence-corrected chi connectivity index (χ3v) is 13.7. The van der Waals surface area contributed by atoms with Gasteiger partial charge < -0.3 is 0 Å². The van der Waals surface area contributed by atoms with Gasteiger partial charge in [0.15, 0.2) is 0 Å². The normalized spacial score (nSPS) is 11.2. The van der Waals surface area contributed by atoms with Gasteiger partial charge in [-0.2, -0.15) is 0 Å². The fourth-order valence-electron chi connectivity index (χ4n) is 2.12. The van der Waals surface area contributed by atoms with Gasteiger partial charge in [0.2, 0.25) is 0 Å². The maximum absolute atomic E-state index is 11.9. The maximum atomic E-state index is 11.9. The van der Waals surface area contributed by atoms with E-state index >= 15 is 0 Å². The average Bonchev–Trinajstić information content (AvgIpc) is 2.27. The Hall–Kier alpha value is 0.729. The van der Waals surface area contributed by atoms with Crippen LogP contribution >= 0.6 is 0 Å². The van der Waals surface area contributed by atoms with Crippen LogP contribution in [-0.2, 0) is 0 Å². The van der Waals surface area contributed by atoms with Gasteiger partial charge in [-0.3, -0.25) is 0 Å². The predicted octanol–water partition coefficient (Wildman–Crippen LogP) is 4.95. The second-order valence-electron chi connectivity index (χ2n) is 4.69. The molecule has 0 aromatic rings. The molecule has 2 heteroatoms. The van der Waals surface area contributed by atoms with E-state index in [0.29, 0.717) is 0 Å². The van der Waals surface area contributed by atoms with Gasteiger partial charge in [0, 0.05) is 0 Å². The summed E-state index contributed by atoms with van der Waals surface area (Å²) in [6.07, 6.45) is 8.94. The minimum absolute atomic E-state index is 0.107. The first-order chi connectivity index (χ1) is 7.35. The number of halogens is 1. The van der Waals surface area contributed by atoms with Crippen molar-refractivity contribution in [3.8, 4) is 0 Å². The molecule has 0 aliphatic carbocycles. The third kappa shape index (κ3) is 11.0. The van der Waals surface area contributed by atoms with E-state index in [2.05, 4.69) is 13.8 Å². The zero-order valence-corrected chi connectivity index (χ0v) is 14.0. The van der Waals surface area contributed by atoms with Gasteiger partial charge in [0.25, 0.3) is 0 Å². The van der Waals surface area contributed by atoms with Crippen LogP contribution in [0.4, 0.5) is 4.39 Å². The monoisotopic (exact) mass is 324 g/mol. The molecule has 0 saturated heterocycles. The predicted molar refractivity (Wildman–Crippen MR) is 71.2 cm³/mol. The van der Waals surface area contributed by atoms with Crippen molar-refractivity contribution in [1.82, 2.24) is 0 Å². The second kappa shape index (κ2) is 12.8. The molecule has 0 fully saturated rings. The van der Waals surface area contributed by atoms with E-state index in [9.17, 15) is 4.39 Å². The molecule has 0 radical (unpaired) electrons. The standard InChI is InChI=1S/C5H10F.2C4H9.Sn.H/c1-2-3-4-5-6;2*1-3-4-2;;/h1-5H2;2*1,3-4H2,2H3;;. The minimum atomic E-state index is -1.13. The molecule has 0 N–H and O–H groups in total. The van der Waals surface area contributed by atoms with Gasteiger partial charge in [-0.1, -0.05) is 0 Å². The quantitative estimate of drug-likeness (QED) is 0.373. The molecule has 0 nitrogen and oxygen atoms in total. The molecule has 0 heterocycles. The van der Waals surface area contributed by atoms with Crippen LogP contribution < -0.4 is 0 Å². The number of unbranched alkanes of at least 4 members (excludes halogenated alkanes) is 4. The summed E-state index contributed by atoms with van der Waals surface area (Å²) in [6.45, 7) is 4.49. The van der Waals surface area contributed by atoms with Crippen molar-refractivity contribution in [3.63, 3.8) is 0 Å².